The van der Waals surface area contributed by atoms with Crippen molar-refractivity contribution in [1.29, 1.82) is 0 Å². The number of likely N-dealkylation sites (tertiary alicyclic amines) is 1. The number of aldehydes is 1. The van der Waals surface area contributed by atoms with Crippen LogP contribution in [0.15, 0.2) is 30.3 Å². The summed E-state index contributed by atoms with van der Waals surface area (Å²) in [6.07, 6.45) is 1.45. The van der Waals surface area contributed by atoms with Gasteiger partial charge in [0.1, 0.15) is 11.7 Å². The number of benzene rings is 1. The molecule has 0 radical (unpaired) electrons. The number of Topliss-reactive ketones (excluding diaryl/α,β-unsaturated/α-hetero) is 1. The van der Waals surface area contributed by atoms with E-state index in [1.165, 1.54) is 7.11 Å². The standard InChI is InChI=1S/C17H21NO4/c1-22-16(21)17(9-5-11-19)13-18(10-8-15(17)20)12-14-6-3-2-4-7-14/h2-4,6-7,11H,5,8-10,12-13H2,1H3. The lowest BCUT2D eigenvalue weighted by atomic mass is 9.75. The normalized spacial score (nSPS) is 22.3. The Hall–Kier alpha value is -2.01. The van der Waals surface area contributed by atoms with Gasteiger partial charge in [0.25, 0.3) is 0 Å². The van der Waals surface area contributed by atoms with Gasteiger partial charge in [-0.3, -0.25) is 14.5 Å². The summed E-state index contributed by atoms with van der Waals surface area (Å²) in [6, 6.07) is 9.91. The molecule has 0 amide bonds. The number of hydrogen-bond donors (Lipinski definition) is 0. The Kier molecular flexibility index (Phi) is 5.44. The molecule has 1 aliphatic rings. The second kappa shape index (κ2) is 7.31. The molecule has 0 saturated carbocycles. The molecule has 1 aromatic carbocycles. The number of carbonyl (C=O) groups excluding carboxylic acids is 3. The van der Waals surface area contributed by atoms with E-state index >= 15 is 0 Å². The Morgan fingerprint density at radius 1 is 1.36 bits per heavy atom. The molecule has 1 atom stereocenters. The third-order valence-electron chi connectivity index (χ3n) is 4.20. The Balaban J connectivity index is 2.18. The van der Waals surface area contributed by atoms with Crippen LogP contribution in [-0.4, -0.2) is 43.1 Å². The van der Waals surface area contributed by atoms with Crippen LogP contribution < -0.4 is 0 Å². The minimum atomic E-state index is -1.21. The van der Waals surface area contributed by atoms with Gasteiger partial charge in [-0.1, -0.05) is 30.3 Å². The highest BCUT2D eigenvalue weighted by molar-refractivity contribution is 6.04. The van der Waals surface area contributed by atoms with E-state index in [1.54, 1.807) is 0 Å². The molecule has 1 aliphatic heterocycles. The van der Waals surface area contributed by atoms with Crippen LogP contribution in [0.5, 0.6) is 0 Å². The molecule has 1 aromatic rings. The monoisotopic (exact) mass is 303 g/mol. The quantitative estimate of drug-likeness (QED) is 0.454. The van der Waals surface area contributed by atoms with Gasteiger partial charge in [0, 0.05) is 32.5 Å². The molecular weight excluding hydrogens is 282 g/mol. The summed E-state index contributed by atoms with van der Waals surface area (Å²) in [5.41, 5.74) is -0.0751. The maximum atomic E-state index is 12.4. The molecule has 2 rings (SSSR count). The minimum Gasteiger partial charge on any atom is -0.468 e. The number of rotatable bonds is 6. The Bertz CT molecular complexity index is 533. The largest absolute Gasteiger partial charge is 0.468 e. The van der Waals surface area contributed by atoms with Gasteiger partial charge in [-0.15, -0.1) is 0 Å². The summed E-state index contributed by atoms with van der Waals surface area (Å²) in [4.78, 5) is 37.4. The maximum absolute atomic E-state index is 12.4. The maximum Gasteiger partial charge on any atom is 0.320 e. The lowest BCUT2D eigenvalue weighted by molar-refractivity contribution is -0.162. The van der Waals surface area contributed by atoms with Crippen molar-refractivity contribution in [3.63, 3.8) is 0 Å². The molecule has 1 saturated heterocycles. The van der Waals surface area contributed by atoms with Crippen LogP contribution in [0.4, 0.5) is 0 Å². The number of esters is 1. The number of ketones is 1. The van der Waals surface area contributed by atoms with E-state index in [2.05, 4.69) is 4.90 Å². The van der Waals surface area contributed by atoms with Crippen molar-refractivity contribution in [3.8, 4) is 0 Å². The van der Waals surface area contributed by atoms with Crippen molar-refractivity contribution in [1.82, 2.24) is 4.90 Å². The molecule has 1 heterocycles. The smallest absolute Gasteiger partial charge is 0.320 e. The zero-order valence-electron chi connectivity index (χ0n) is 12.8. The topological polar surface area (TPSA) is 63.7 Å². The lowest BCUT2D eigenvalue weighted by Crippen LogP contribution is -2.54. The van der Waals surface area contributed by atoms with E-state index in [1.807, 2.05) is 30.3 Å². The van der Waals surface area contributed by atoms with E-state index in [-0.39, 0.29) is 18.6 Å². The zero-order chi connectivity index (χ0) is 16.0. The highest BCUT2D eigenvalue weighted by atomic mass is 16.5. The second-order valence-corrected chi connectivity index (χ2v) is 5.65. The highest BCUT2D eigenvalue weighted by Crippen LogP contribution is 2.33. The van der Waals surface area contributed by atoms with Crippen LogP contribution in [0.25, 0.3) is 0 Å². The van der Waals surface area contributed by atoms with Crippen molar-refractivity contribution < 1.29 is 19.1 Å². The van der Waals surface area contributed by atoms with Crippen molar-refractivity contribution in [2.45, 2.75) is 25.8 Å². The minimum absolute atomic E-state index is 0.120. The van der Waals surface area contributed by atoms with Crippen LogP contribution in [0.1, 0.15) is 24.8 Å². The number of piperidine rings is 1. The molecular formula is C17H21NO4. The van der Waals surface area contributed by atoms with Crippen LogP contribution >= 0.6 is 0 Å². The zero-order valence-corrected chi connectivity index (χ0v) is 12.8. The average Bonchev–Trinajstić information content (AvgIpc) is 2.55. The number of carbonyl (C=O) groups is 3. The van der Waals surface area contributed by atoms with Crippen molar-refractivity contribution in [3.05, 3.63) is 35.9 Å². The molecule has 0 bridgehead atoms. The van der Waals surface area contributed by atoms with Crippen molar-refractivity contribution >= 4 is 18.0 Å². The Labute approximate surface area is 130 Å². The summed E-state index contributed by atoms with van der Waals surface area (Å²) in [7, 11) is 1.29. The van der Waals surface area contributed by atoms with E-state index < -0.39 is 11.4 Å². The fourth-order valence-corrected chi connectivity index (χ4v) is 3.02. The van der Waals surface area contributed by atoms with E-state index in [4.69, 9.17) is 4.74 Å². The molecule has 5 heteroatoms. The first kappa shape index (κ1) is 16.4. The molecule has 0 aliphatic carbocycles. The summed E-state index contributed by atoms with van der Waals surface area (Å²) in [5.74, 6) is -0.650. The van der Waals surface area contributed by atoms with Gasteiger partial charge >= 0.3 is 5.97 Å². The first-order valence-corrected chi connectivity index (χ1v) is 7.44. The fraction of sp³-hybridized carbons (Fsp3) is 0.471. The summed E-state index contributed by atoms with van der Waals surface area (Å²) >= 11 is 0. The molecule has 0 N–H and O–H groups in total. The van der Waals surface area contributed by atoms with Gasteiger partial charge in [0.15, 0.2) is 5.78 Å². The Morgan fingerprint density at radius 2 is 2.09 bits per heavy atom. The van der Waals surface area contributed by atoms with E-state index in [9.17, 15) is 14.4 Å². The first-order valence-electron chi connectivity index (χ1n) is 7.44. The summed E-state index contributed by atoms with van der Waals surface area (Å²) in [6.45, 7) is 1.60. The lowest BCUT2D eigenvalue weighted by Gasteiger charge is -2.39. The molecule has 1 unspecified atom stereocenters. The van der Waals surface area contributed by atoms with Gasteiger partial charge in [-0.25, -0.2) is 0 Å². The molecule has 5 nitrogen and oxygen atoms in total. The Morgan fingerprint density at radius 3 is 2.73 bits per heavy atom. The summed E-state index contributed by atoms with van der Waals surface area (Å²) < 4.78 is 4.86. The van der Waals surface area contributed by atoms with Crippen LogP contribution in [0.3, 0.4) is 0 Å². The molecule has 0 aromatic heterocycles. The number of hydrogen-bond acceptors (Lipinski definition) is 5. The molecule has 1 fully saturated rings. The van der Waals surface area contributed by atoms with E-state index in [0.29, 0.717) is 26.1 Å². The highest BCUT2D eigenvalue weighted by Gasteiger charge is 2.49. The molecule has 118 valence electrons. The van der Waals surface area contributed by atoms with Crippen molar-refractivity contribution in [2.24, 2.45) is 5.41 Å². The molecule has 22 heavy (non-hydrogen) atoms. The second-order valence-electron chi connectivity index (χ2n) is 5.65. The predicted molar refractivity (Wildman–Crippen MR) is 81.1 cm³/mol. The summed E-state index contributed by atoms with van der Waals surface area (Å²) in [5, 5.41) is 0. The van der Waals surface area contributed by atoms with Gasteiger partial charge in [0.2, 0.25) is 0 Å². The number of nitrogens with zero attached hydrogens (tertiary/aromatic N) is 1. The van der Waals surface area contributed by atoms with E-state index in [0.717, 1.165) is 11.8 Å². The van der Waals surface area contributed by atoms with Crippen LogP contribution in [0.2, 0.25) is 0 Å². The SMILES string of the molecule is COC(=O)C1(CCC=O)CN(Cc2ccccc2)CCC1=O. The van der Waals surface area contributed by atoms with Gasteiger partial charge in [-0.2, -0.15) is 0 Å². The fourth-order valence-electron chi connectivity index (χ4n) is 3.02. The third-order valence-corrected chi connectivity index (χ3v) is 4.20. The molecule has 0 spiro atoms. The van der Waals surface area contributed by atoms with Gasteiger partial charge in [0.05, 0.1) is 7.11 Å². The van der Waals surface area contributed by atoms with Crippen LogP contribution in [0, 0.1) is 5.41 Å². The van der Waals surface area contributed by atoms with Crippen LogP contribution in [-0.2, 0) is 25.7 Å². The predicted octanol–water partition coefficient (Wildman–Crippen LogP) is 1.60. The first-order chi connectivity index (χ1) is 10.6. The number of methoxy groups -OCH3 is 1. The van der Waals surface area contributed by atoms with Crippen molar-refractivity contribution in [2.75, 3.05) is 20.2 Å². The van der Waals surface area contributed by atoms with Gasteiger partial charge < -0.3 is 9.53 Å². The number of ether oxygens (including phenoxy) is 1. The average molecular weight is 303 g/mol. The third kappa shape index (κ3) is 3.42. The van der Waals surface area contributed by atoms with Gasteiger partial charge in [-0.05, 0) is 12.0 Å².